The molecule has 0 saturated carbocycles. The number of rotatable bonds is 11. The summed E-state index contributed by atoms with van der Waals surface area (Å²) in [6.45, 7) is 24.7. The molecule has 0 spiro atoms. The third-order valence-electron chi connectivity index (χ3n) is 4.16. The molecule has 5 nitrogen and oxygen atoms in total. The fraction of sp³-hybridized carbons (Fsp3) is 1.00. The molecule has 0 aromatic carbocycles. The fourth-order valence-electron chi connectivity index (χ4n) is 4.46. The van der Waals surface area contributed by atoms with E-state index in [4.69, 9.17) is 26.7 Å². The van der Waals surface area contributed by atoms with Gasteiger partial charge in [-0.3, -0.25) is 0 Å². The van der Waals surface area contributed by atoms with E-state index < -0.39 is 17.5 Å². The van der Waals surface area contributed by atoms with Gasteiger partial charge in [0.1, 0.15) is 0 Å². The van der Waals surface area contributed by atoms with Crippen molar-refractivity contribution in [3.63, 3.8) is 0 Å². The van der Waals surface area contributed by atoms with E-state index in [1.807, 2.05) is 41.5 Å². The third kappa shape index (κ3) is 12.8. The smallest absolute Gasteiger partial charge is 0.164 e. The van der Waals surface area contributed by atoms with Crippen LogP contribution in [-0.4, -0.2) is 34.1 Å². The topological polar surface area (TPSA) is 96.5 Å². The maximum Gasteiger partial charge on any atom is 0.164 e. The third-order valence-corrected chi connectivity index (χ3v) is 4.16. The predicted octanol–water partition coefficient (Wildman–Crippen LogP) is 4.31. The summed E-state index contributed by atoms with van der Waals surface area (Å²) in [5.41, 5.74) is 16.7. The van der Waals surface area contributed by atoms with Crippen LogP contribution in [0.4, 0.5) is 0 Å². The van der Waals surface area contributed by atoms with Gasteiger partial charge in [-0.1, -0.05) is 13.8 Å². The van der Waals surface area contributed by atoms with Crippen molar-refractivity contribution in [3.8, 4) is 0 Å². The Bertz CT molecular complexity index is 433. The van der Waals surface area contributed by atoms with Crippen molar-refractivity contribution in [2.45, 2.75) is 136 Å². The first-order valence-corrected chi connectivity index (χ1v) is 10.2. The SMILES string of the molecule is CC(C)(N)CC(C)(C)OC(OC(C)(C)CC(C)(C)N)C(C)(C)CC(C)(C)N. The number of ether oxygens (including phenoxy) is 2. The maximum absolute atomic E-state index is 6.58. The van der Waals surface area contributed by atoms with Crippen LogP contribution in [0.15, 0.2) is 0 Å². The fourth-order valence-corrected chi connectivity index (χ4v) is 4.46. The van der Waals surface area contributed by atoms with E-state index >= 15 is 0 Å². The minimum atomic E-state index is -0.437. The number of nitrogens with two attached hydrogens (primary N) is 3. The predicted molar refractivity (Wildman–Crippen MR) is 117 cm³/mol. The van der Waals surface area contributed by atoms with E-state index in [2.05, 4.69) is 41.5 Å². The van der Waals surface area contributed by atoms with Crippen LogP contribution in [0.25, 0.3) is 0 Å². The van der Waals surface area contributed by atoms with Gasteiger partial charge in [0.15, 0.2) is 6.29 Å². The molecule has 0 aliphatic rings. The summed E-state index contributed by atoms with van der Waals surface area (Å²) < 4.78 is 13.2. The summed E-state index contributed by atoms with van der Waals surface area (Å²) in [6.07, 6.45) is 1.75. The van der Waals surface area contributed by atoms with Gasteiger partial charge in [-0.2, -0.15) is 0 Å². The minimum absolute atomic E-state index is 0.287. The second-order valence-electron chi connectivity index (χ2n) is 12.6. The first kappa shape index (κ1) is 26.8. The van der Waals surface area contributed by atoms with E-state index in [1.54, 1.807) is 0 Å². The van der Waals surface area contributed by atoms with Crippen LogP contribution in [-0.2, 0) is 9.47 Å². The zero-order valence-corrected chi connectivity index (χ0v) is 20.2. The normalized spacial score (nSPS) is 15.6. The molecular weight excluding hydrogens is 338 g/mol. The zero-order valence-electron chi connectivity index (χ0n) is 20.2. The Morgan fingerprint density at radius 3 is 1.00 bits per heavy atom. The van der Waals surface area contributed by atoms with E-state index in [-0.39, 0.29) is 22.0 Å². The molecule has 0 atom stereocenters. The van der Waals surface area contributed by atoms with Crippen LogP contribution in [0.3, 0.4) is 0 Å². The van der Waals surface area contributed by atoms with Crippen molar-refractivity contribution in [3.05, 3.63) is 0 Å². The highest BCUT2D eigenvalue weighted by Gasteiger charge is 2.43. The van der Waals surface area contributed by atoms with Crippen LogP contribution in [0.5, 0.6) is 0 Å². The number of hydrogen-bond acceptors (Lipinski definition) is 5. The van der Waals surface area contributed by atoms with Gasteiger partial charge in [0.2, 0.25) is 0 Å². The molecular formula is C22H49N3O2. The lowest BCUT2D eigenvalue weighted by Gasteiger charge is -2.47. The second-order valence-corrected chi connectivity index (χ2v) is 12.6. The molecule has 0 aromatic rings. The van der Waals surface area contributed by atoms with E-state index in [1.165, 1.54) is 0 Å². The van der Waals surface area contributed by atoms with E-state index in [0.29, 0.717) is 12.8 Å². The Morgan fingerprint density at radius 2 is 0.778 bits per heavy atom. The summed E-state index contributed by atoms with van der Waals surface area (Å²) in [5.74, 6) is 0. The standard InChI is InChI=1S/C22H49N3O2/c1-17(2,13-18(3,4)23)16(26-21(9,10)14-19(5,6)24)27-22(11,12)15-20(7,8)25/h16H,13-15,23-25H2,1-12H3. The van der Waals surface area contributed by atoms with Crippen molar-refractivity contribution in [2.24, 2.45) is 22.6 Å². The highest BCUT2D eigenvalue weighted by molar-refractivity contribution is 4.91. The summed E-state index contributed by atoms with van der Waals surface area (Å²) in [6, 6.07) is 0. The highest BCUT2D eigenvalue weighted by atomic mass is 16.7. The van der Waals surface area contributed by atoms with E-state index in [0.717, 1.165) is 6.42 Å². The van der Waals surface area contributed by atoms with Gasteiger partial charge in [-0.05, 0) is 88.5 Å². The van der Waals surface area contributed by atoms with Crippen molar-refractivity contribution < 1.29 is 9.47 Å². The Kier molecular flexibility index (Phi) is 8.21. The van der Waals surface area contributed by atoms with Gasteiger partial charge in [-0.25, -0.2) is 0 Å². The molecule has 0 aliphatic carbocycles. The molecule has 0 bridgehead atoms. The molecule has 27 heavy (non-hydrogen) atoms. The molecule has 0 amide bonds. The Hall–Kier alpha value is -0.200. The average molecular weight is 388 g/mol. The summed E-state index contributed by atoms with van der Waals surface area (Å²) >= 11 is 0. The molecule has 0 fully saturated rings. The molecule has 0 aliphatic heterocycles. The van der Waals surface area contributed by atoms with Crippen LogP contribution in [0.2, 0.25) is 0 Å². The molecule has 5 heteroatoms. The Morgan fingerprint density at radius 1 is 0.519 bits per heavy atom. The molecule has 164 valence electrons. The van der Waals surface area contributed by atoms with Gasteiger partial charge in [0.25, 0.3) is 0 Å². The van der Waals surface area contributed by atoms with Crippen molar-refractivity contribution in [1.29, 1.82) is 0 Å². The quantitative estimate of drug-likeness (QED) is 0.459. The van der Waals surface area contributed by atoms with Gasteiger partial charge >= 0.3 is 0 Å². The largest absolute Gasteiger partial charge is 0.346 e. The van der Waals surface area contributed by atoms with Crippen LogP contribution in [0, 0.1) is 5.41 Å². The van der Waals surface area contributed by atoms with Crippen molar-refractivity contribution >= 4 is 0 Å². The summed E-state index contributed by atoms with van der Waals surface area (Å²) in [4.78, 5) is 0. The molecule has 0 aromatic heterocycles. The average Bonchev–Trinajstić information content (AvgIpc) is 2.15. The summed E-state index contributed by atoms with van der Waals surface area (Å²) in [7, 11) is 0. The van der Waals surface area contributed by atoms with Gasteiger partial charge in [0.05, 0.1) is 11.2 Å². The van der Waals surface area contributed by atoms with Crippen LogP contribution in [0.1, 0.15) is 102 Å². The lowest BCUT2D eigenvalue weighted by molar-refractivity contribution is -0.289. The van der Waals surface area contributed by atoms with E-state index in [9.17, 15) is 0 Å². The Labute approximate surface area is 169 Å². The van der Waals surface area contributed by atoms with Crippen LogP contribution >= 0.6 is 0 Å². The maximum atomic E-state index is 6.58. The lowest BCUT2D eigenvalue weighted by Crippen LogP contribution is -2.52. The minimum Gasteiger partial charge on any atom is -0.346 e. The number of hydrogen-bond donors (Lipinski definition) is 3. The van der Waals surface area contributed by atoms with Crippen molar-refractivity contribution in [1.82, 2.24) is 0 Å². The first-order valence-electron chi connectivity index (χ1n) is 10.2. The van der Waals surface area contributed by atoms with Gasteiger partial charge in [0, 0.05) is 22.0 Å². The second kappa shape index (κ2) is 8.27. The molecule has 0 radical (unpaired) electrons. The van der Waals surface area contributed by atoms with Gasteiger partial charge < -0.3 is 26.7 Å². The zero-order chi connectivity index (χ0) is 22.1. The lowest BCUT2D eigenvalue weighted by atomic mass is 9.79. The molecule has 0 heterocycles. The molecule has 0 saturated heterocycles. The van der Waals surface area contributed by atoms with Gasteiger partial charge in [-0.15, -0.1) is 0 Å². The van der Waals surface area contributed by atoms with Crippen molar-refractivity contribution in [2.75, 3.05) is 0 Å². The molecule has 0 unspecified atom stereocenters. The first-order chi connectivity index (χ1) is 11.4. The molecule has 0 rings (SSSR count). The highest BCUT2D eigenvalue weighted by Crippen LogP contribution is 2.39. The molecule has 6 N–H and O–H groups in total. The summed E-state index contributed by atoms with van der Waals surface area (Å²) in [5, 5.41) is 0. The Balaban J connectivity index is 5.69. The van der Waals surface area contributed by atoms with Crippen LogP contribution < -0.4 is 17.2 Å². The monoisotopic (exact) mass is 387 g/mol.